The number of Topliss-reactive ketones (excluding diaryl/α,β-unsaturated/α-hetero) is 1. The minimum Gasteiger partial charge on any atom is -0.491 e. The zero-order chi connectivity index (χ0) is 16.8. The second-order valence-corrected chi connectivity index (χ2v) is 6.75. The summed E-state index contributed by atoms with van der Waals surface area (Å²) >= 11 is 0. The van der Waals surface area contributed by atoms with Crippen molar-refractivity contribution in [3.05, 3.63) is 23.8 Å². The van der Waals surface area contributed by atoms with Crippen LogP contribution < -0.4 is 9.47 Å². The smallest absolute Gasteiger partial charge is 0.180 e. The lowest BCUT2D eigenvalue weighted by Crippen LogP contribution is -2.34. The number of ketones is 1. The number of rotatable bonds is 7. The maximum atomic E-state index is 12.7. The molecule has 0 aliphatic carbocycles. The Bertz CT molecular complexity index is 519. The van der Waals surface area contributed by atoms with Crippen molar-refractivity contribution < 1.29 is 14.3 Å². The van der Waals surface area contributed by atoms with Gasteiger partial charge in [0, 0.05) is 6.07 Å². The number of nitrogens with zero attached hydrogens (tertiary/aromatic N) is 1. The van der Waals surface area contributed by atoms with Gasteiger partial charge in [-0.2, -0.15) is 0 Å². The van der Waals surface area contributed by atoms with E-state index in [9.17, 15) is 4.79 Å². The lowest BCUT2D eigenvalue weighted by Gasteiger charge is -2.26. The van der Waals surface area contributed by atoms with Gasteiger partial charge in [0.05, 0.1) is 24.3 Å². The first kappa shape index (κ1) is 17.8. The average molecular weight is 319 g/mol. The van der Waals surface area contributed by atoms with Crippen LogP contribution in [0.2, 0.25) is 0 Å². The van der Waals surface area contributed by atoms with Crippen molar-refractivity contribution in [1.29, 1.82) is 0 Å². The molecule has 0 bridgehead atoms. The minimum absolute atomic E-state index is 0.0193. The van der Waals surface area contributed by atoms with E-state index in [1.807, 2.05) is 45.9 Å². The van der Waals surface area contributed by atoms with E-state index >= 15 is 0 Å². The van der Waals surface area contributed by atoms with Crippen LogP contribution in [0.15, 0.2) is 18.2 Å². The van der Waals surface area contributed by atoms with Crippen molar-refractivity contribution in [3.8, 4) is 11.5 Å². The SMILES string of the molecule is CC(C)Oc1ccc(C(=O)CN2CCCCC2)c(OC(C)C)c1. The van der Waals surface area contributed by atoms with Gasteiger partial charge in [0.1, 0.15) is 11.5 Å². The molecular weight excluding hydrogens is 290 g/mol. The van der Waals surface area contributed by atoms with Gasteiger partial charge in [0.15, 0.2) is 5.78 Å². The maximum Gasteiger partial charge on any atom is 0.180 e. The van der Waals surface area contributed by atoms with Gasteiger partial charge >= 0.3 is 0 Å². The summed E-state index contributed by atoms with van der Waals surface area (Å²) in [4.78, 5) is 14.9. The Hall–Kier alpha value is -1.55. The molecule has 0 aromatic heterocycles. The van der Waals surface area contributed by atoms with Crippen molar-refractivity contribution in [2.45, 2.75) is 59.2 Å². The molecule has 0 radical (unpaired) electrons. The third-order valence-electron chi connectivity index (χ3n) is 3.80. The van der Waals surface area contributed by atoms with E-state index in [2.05, 4.69) is 4.90 Å². The number of likely N-dealkylation sites (tertiary alicyclic amines) is 1. The third-order valence-corrected chi connectivity index (χ3v) is 3.80. The molecule has 0 N–H and O–H groups in total. The summed E-state index contributed by atoms with van der Waals surface area (Å²) in [6.45, 7) is 10.4. The van der Waals surface area contributed by atoms with E-state index in [1.54, 1.807) is 0 Å². The molecular formula is C19H29NO3. The monoisotopic (exact) mass is 319 g/mol. The fraction of sp³-hybridized carbons (Fsp3) is 0.632. The summed E-state index contributed by atoms with van der Waals surface area (Å²) in [6.07, 6.45) is 3.75. The first-order chi connectivity index (χ1) is 11.0. The molecule has 0 saturated carbocycles. The molecule has 0 spiro atoms. The van der Waals surface area contributed by atoms with Crippen LogP contribution in [0, 0.1) is 0 Å². The van der Waals surface area contributed by atoms with E-state index in [1.165, 1.54) is 19.3 Å². The van der Waals surface area contributed by atoms with E-state index in [4.69, 9.17) is 9.47 Å². The maximum absolute atomic E-state index is 12.7. The number of ether oxygens (including phenoxy) is 2. The van der Waals surface area contributed by atoms with Crippen molar-refractivity contribution in [2.75, 3.05) is 19.6 Å². The van der Waals surface area contributed by atoms with Gasteiger partial charge in [-0.25, -0.2) is 0 Å². The molecule has 1 aliphatic rings. The number of benzene rings is 1. The topological polar surface area (TPSA) is 38.8 Å². The zero-order valence-electron chi connectivity index (χ0n) is 14.8. The molecule has 0 atom stereocenters. The van der Waals surface area contributed by atoms with E-state index in [-0.39, 0.29) is 18.0 Å². The van der Waals surface area contributed by atoms with Crippen LogP contribution in [0.4, 0.5) is 0 Å². The number of carbonyl (C=O) groups excluding carboxylic acids is 1. The second kappa shape index (κ2) is 8.34. The molecule has 23 heavy (non-hydrogen) atoms. The first-order valence-electron chi connectivity index (χ1n) is 8.68. The summed E-state index contributed by atoms with van der Waals surface area (Å²) in [5.74, 6) is 1.49. The highest BCUT2D eigenvalue weighted by molar-refractivity contribution is 6.00. The van der Waals surface area contributed by atoms with Gasteiger partial charge in [0.25, 0.3) is 0 Å². The van der Waals surface area contributed by atoms with Crippen molar-refractivity contribution in [1.82, 2.24) is 4.90 Å². The molecule has 1 fully saturated rings. The summed E-state index contributed by atoms with van der Waals surface area (Å²) in [6, 6.07) is 5.53. The molecule has 128 valence electrons. The largest absolute Gasteiger partial charge is 0.491 e. The molecule has 1 aliphatic heterocycles. The molecule has 2 rings (SSSR count). The van der Waals surface area contributed by atoms with Gasteiger partial charge in [-0.15, -0.1) is 0 Å². The Morgan fingerprint density at radius 3 is 2.30 bits per heavy atom. The standard InChI is InChI=1S/C19H29NO3/c1-14(2)22-16-8-9-17(19(12-16)23-15(3)4)18(21)13-20-10-6-5-7-11-20/h8-9,12,14-15H,5-7,10-11,13H2,1-4H3. The summed E-state index contributed by atoms with van der Waals surface area (Å²) in [7, 11) is 0. The zero-order valence-corrected chi connectivity index (χ0v) is 14.8. The number of hydrogen-bond donors (Lipinski definition) is 0. The van der Waals surface area contributed by atoms with Crippen LogP contribution >= 0.6 is 0 Å². The van der Waals surface area contributed by atoms with Crippen LogP contribution in [0.25, 0.3) is 0 Å². The van der Waals surface area contributed by atoms with Crippen LogP contribution in [-0.2, 0) is 0 Å². The normalized spacial score (nSPS) is 15.9. The van der Waals surface area contributed by atoms with E-state index < -0.39 is 0 Å². The van der Waals surface area contributed by atoms with Gasteiger partial charge in [-0.05, 0) is 65.8 Å². The highest BCUT2D eigenvalue weighted by Crippen LogP contribution is 2.27. The Morgan fingerprint density at radius 2 is 1.70 bits per heavy atom. The fourth-order valence-electron chi connectivity index (χ4n) is 2.84. The van der Waals surface area contributed by atoms with Crippen molar-refractivity contribution in [2.24, 2.45) is 0 Å². The lowest BCUT2D eigenvalue weighted by molar-refractivity contribution is 0.0910. The average Bonchev–Trinajstić information content (AvgIpc) is 2.47. The number of piperidine rings is 1. The third kappa shape index (κ3) is 5.54. The lowest BCUT2D eigenvalue weighted by atomic mass is 10.1. The molecule has 1 aromatic rings. The highest BCUT2D eigenvalue weighted by Gasteiger charge is 2.19. The molecule has 1 saturated heterocycles. The van der Waals surface area contributed by atoms with Crippen LogP contribution in [0.3, 0.4) is 0 Å². The molecule has 4 nitrogen and oxygen atoms in total. The predicted molar refractivity (Wildman–Crippen MR) is 92.6 cm³/mol. The number of carbonyl (C=O) groups is 1. The van der Waals surface area contributed by atoms with Crippen molar-refractivity contribution in [3.63, 3.8) is 0 Å². The Balaban J connectivity index is 2.15. The predicted octanol–water partition coefficient (Wildman–Crippen LogP) is 3.93. The summed E-state index contributed by atoms with van der Waals surface area (Å²) < 4.78 is 11.6. The Labute approximate surface area is 139 Å². The molecule has 0 amide bonds. The van der Waals surface area contributed by atoms with Gasteiger partial charge in [-0.3, -0.25) is 9.69 Å². The summed E-state index contributed by atoms with van der Waals surface area (Å²) in [5, 5.41) is 0. The van der Waals surface area contributed by atoms with E-state index in [0.29, 0.717) is 17.9 Å². The Morgan fingerprint density at radius 1 is 1.04 bits per heavy atom. The molecule has 1 heterocycles. The van der Waals surface area contributed by atoms with Gasteiger partial charge in [-0.1, -0.05) is 6.42 Å². The molecule has 4 heteroatoms. The van der Waals surface area contributed by atoms with Crippen LogP contribution in [0.1, 0.15) is 57.3 Å². The van der Waals surface area contributed by atoms with Crippen LogP contribution in [-0.4, -0.2) is 42.5 Å². The van der Waals surface area contributed by atoms with Crippen LogP contribution in [0.5, 0.6) is 11.5 Å². The van der Waals surface area contributed by atoms with E-state index in [0.717, 1.165) is 18.8 Å². The second-order valence-electron chi connectivity index (χ2n) is 6.75. The Kier molecular flexibility index (Phi) is 6.46. The van der Waals surface area contributed by atoms with Gasteiger partial charge in [0.2, 0.25) is 0 Å². The summed E-state index contributed by atoms with van der Waals surface area (Å²) in [5.41, 5.74) is 0.653. The van der Waals surface area contributed by atoms with Gasteiger partial charge < -0.3 is 9.47 Å². The fourth-order valence-corrected chi connectivity index (χ4v) is 2.84. The first-order valence-corrected chi connectivity index (χ1v) is 8.68. The highest BCUT2D eigenvalue weighted by atomic mass is 16.5. The molecule has 1 aromatic carbocycles. The minimum atomic E-state index is 0.0193. The number of hydrogen-bond acceptors (Lipinski definition) is 4. The van der Waals surface area contributed by atoms with Crippen molar-refractivity contribution >= 4 is 5.78 Å². The molecule has 0 unspecified atom stereocenters. The quantitative estimate of drug-likeness (QED) is 0.714.